The summed E-state index contributed by atoms with van der Waals surface area (Å²) < 4.78 is 37.6. The zero-order chi connectivity index (χ0) is 22.5. The van der Waals surface area contributed by atoms with E-state index in [4.69, 9.17) is 9.47 Å². The Balaban J connectivity index is 1.17. The molecule has 0 aromatic heterocycles. The maximum Gasteiger partial charge on any atom is 0.233 e. The first-order valence-electron chi connectivity index (χ1n) is 11.1. The number of carbonyl (C=O) groups excluding carboxylic acids is 1. The highest BCUT2D eigenvalue weighted by molar-refractivity contribution is 6.12. The Kier molecular flexibility index (Phi) is 7.05. The number of ketones is 1. The molecule has 0 spiro atoms. The van der Waals surface area contributed by atoms with Crippen molar-refractivity contribution in [2.75, 3.05) is 33.3 Å². The lowest BCUT2D eigenvalue weighted by Gasteiger charge is -2.36. The minimum absolute atomic E-state index is 0.247. The van der Waals surface area contributed by atoms with Gasteiger partial charge in [0, 0.05) is 32.4 Å². The van der Waals surface area contributed by atoms with Gasteiger partial charge < -0.3 is 19.3 Å². The van der Waals surface area contributed by atoms with Crippen molar-refractivity contribution in [3.8, 4) is 11.5 Å². The predicted molar refractivity (Wildman–Crippen MR) is 118 cm³/mol. The number of benzene rings is 2. The van der Waals surface area contributed by atoms with Crippen LogP contribution in [0.2, 0.25) is 0 Å². The van der Waals surface area contributed by atoms with Gasteiger partial charge in [0.1, 0.15) is 23.1 Å². The fourth-order valence-electron chi connectivity index (χ4n) is 4.15. The summed E-state index contributed by atoms with van der Waals surface area (Å²) in [6.45, 7) is 3.64. The molecule has 5 nitrogen and oxygen atoms in total. The lowest BCUT2D eigenvalue weighted by molar-refractivity contribution is 0.100. The van der Waals surface area contributed by atoms with Gasteiger partial charge in [0.05, 0.1) is 12.2 Å². The van der Waals surface area contributed by atoms with Crippen LogP contribution in [0.25, 0.3) is 0 Å². The molecule has 0 aliphatic carbocycles. The topological polar surface area (TPSA) is 42.0 Å². The normalized spacial score (nSPS) is 18.0. The first kappa shape index (κ1) is 22.3. The largest absolute Gasteiger partial charge is 0.494 e. The van der Waals surface area contributed by atoms with E-state index in [1.54, 1.807) is 18.3 Å². The molecule has 2 aliphatic heterocycles. The third-order valence-corrected chi connectivity index (χ3v) is 6.03. The molecule has 170 valence electrons. The molecule has 0 radical (unpaired) electrons. The van der Waals surface area contributed by atoms with Gasteiger partial charge in [-0.25, -0.2) is 8.78 Å². The van der Waals surface area contributed by atoms with Gasteiger partial charge in [0.15, 0.2) is 5.76 Å². The molecule has 0 saturated carbocycles. The number of unbranched alkanes of at least 4 members (excludes halogenated alkanes) is 1. The molecule has 0 N–H and O–H groups in total. The average molecular weight is 443 g/mol. The molecule has 0 unspecified atom stereocenters. The van der Waals surface area contributed by atoms with E-state index in [1.165, 1.54) is 30.3 Å². The number of Topliss-reactive ketones (excluding diaryl/α,β-unsaturated/α-hetero) is 1. The SMILES string of the molecule is CN(/C=C1\Oc2ccc(F)cc2C1=O)C1CCN(CCCCOc2ccc(F)cc2)CC1. The molecule has 0 amide bonds. The summed E-state index contributed by atoms with van der Waals surface area (Å²) in [4.78, 5) is 17.0. The first-order valence-corrected chi connectivity index (χ1v) is 11.1. The Morgan fingerprint density at radius 3 is 2.56 bits per heavy atom. The number of fused-ring (bicyclic) bond motifs is 1. The molecule has 1 saturated heterocycles. The van der Waals surface area contributed by atoms with E-state index in [0.717, 1.165) is 45.3 Å². The molecule has 0 bridgehead atoms. The second-order valence-corrected chi connectivity index (χ2v) is 8.31. The van der Waals surface area contributed by atoms with Crippen molar-refractivity contribution < 1.29 is 23.0 Å². The fraction of sp³-hybridized carbons (Fsp3) is 0.400. The van der Waals surface area contributed by atoms with E-state index in [-0.39, 0.29) is 22.9 Å². The smallest absolute Gasteiger partial charge is 0.233 e. The van der Waals surface area contributed by atoms with Crippen LogP contribution in [0.4, 0.5) is 8.78 Å². The van der Waals surface area contributed by atoms with E-state index < -0.39 is 5.82 Å². The van der Waals surface area contributed by atoms with Crippen molar-refractivity contribution in [1.29, 1.82) is 0 Å². The van der Waals surface area contributed by atoms with Gasteiger partial charge in [-0.2, -0.15) is 0 Å². The maximum atomic E-state index is 13.4. The van der Waals surface area contributed by atoms with Crippen molar-refractivity contribution >= 4 is 5.78 Å². The number of carbonyl (C=O) groups is 1. The summed E-state index contributed by atoms with van der Waals surface area (Å²) in [5, 5.41) is 0. The van der Waals surface area contributed by atoms with Crippen LogP contribution >= 0.6 is 0 Å². The number of allylic oxidation sites excluding steroid dienone is 1. The van der Waals surface area contributed by atoms with Gasteiger partial charge >= 0.3 is 0 Å². The number of hydrogen-bond acceptors (Lipinski definition) is 5. The molecule has 2 aromatic rings. The lowest BCUT2D eigenvalue weighted by Crippen LogP contribution is -2.42. The van der Waals surface area contributed by atoms with E-state index in [0.29, 0.717) is 24.1 Å². The minimum atomic E-state index is -0.440. The molecular formula is C25H28F2N2O3. The number of ether oxygens (including phenoxy) is 2. The highest BCUT2D eigenvalue weighted by Gasteiger charge is 2.29. The predicted octanol–water partition coefficient (Wildman–Crippen LogP) is 4.64. The highest BCUT2D eigenvalue weighted by Crippen LogP contribution is 2.31. The quantitative estimate of drug-likeness (QED) is 0.440. The summed E-state index contributed by atoms with van der Waals surface area (Å²) >= 11 is 0. The summed E-state index contributed by atoms with van der Waals surface area (Å²) in [7, 11) is 1.96. The Morgan fingerprint density at radius 2 is 1.81 bits per heavy atom. The molecule has 32 heavy (non-hydrogen) atoms. The van der Waals surface area contributed by atoms with Gasteiger partial charge in [0.25, 0.3) is 0 Å². The van der Waals surface area contributed by atoms with Crippen molar-refractivity contribution in [1.82, 2.24) is 9.80 Å². The average Bonchev–Trinajstić information content (AvgIpc) is 3.10. The van der Waals surface area contributed by atoms with E-state index in [2.05, 4.69) is 4.90 Å². The zero-order valence-corrected chi connectivity index (χ0v) is 18.2. The second kappa shape index (κ2) is 10.1. The number of halogens is 2. The summed E-state index contributed by atoms with van der Waals surface area (Å²) in [5.74, 6) is 0.384. The standard InChI is InChI=1S/C25H28F2N2O3/c1-28(17-24-25(30)22-16-19(27)6-9-23(22)32-24)20-10-13-29(14-11-20)12-2-3-15-31-21-7-4-18(26)5-8-21/h4-9,16-17,20H,2-3,10-15H2,1H3/b24-17-. The Labute approximate surface area is 187 Å². The molecule has 2 heterocycles. The molecule has 2 aliphatic rings. The van der Waals surface area contributed by atoms with Gasteiger partial charge in [-0.15, -0.1) is 0 Å². The van der Waals surface area contributed by atoms with Gasteiger partial charge in [-0.05, 0) is 74.7 Å². The number of piperidine rings is 1. The minimum Gasteiger partial charge on any atom is -0.494 e. The molecular weight excluding hydrogens is 414 g/mol. The Hall–Kier alpha value is -2.93. The Morgan fingerprint density at radius 1 is 1.09 bits per heavy atom. The second-order valence-electron chi connectivity index (χ2n) is 8.31. The van der Waals surface area contributed by atoms with Crippen LogP contribution in [0.15, 0.2) is 54.4 Å². The molecule has 0 atom stereocenters. The van der Waals surface area contributed by atoms with Crippen LogP contribution in [0, 0.1) is 11.6 Å². The van der Waals surface area contributed by atoms with Crippen molar-refractivity contribution in [3.63, 3.8) is 0 Å². The summed E-state index contributed by atoms with van der Waals surface area (Å²) in [5.41, 5.74) is 0.280. The summed E-state index contributed by atoms with van der Waals surface area (Å²) in [6.07, 6.45) is 5.74. The van der Waals surface area contributed by atoms with E-state index in [1.807, 2.05) is 11.9 Å². The third-order valence-electron chi connectivity index (χ3n) is 6.03. The monoisotopic (exact) mass is 442 g/mol. The fourth-order valence-corrected chi connectivity index (χ4v) is 4.15. The van der Waals surface area contributed by atoms with Gasteiger partial charge in [0.2, 0.25) is 5.78 Å². The van der Waals surface area contributed by atoms with Crippen LogP contribution in [-0.4, -0.2) is 54.9 Å². The maximum absolute atomic E-state index is 13.4. The van der Waals surface area contributed by atoms with E-state index >= 15 is 0 Å². The van der Waals surface area contributed by atoms with Crippen LogP contribution in [0.5, 0.6) is 11.5 Å². The number of likely N-dealkylation sites (tertiary alicyclic amines) is 1. The van der Waals surface area contributed by atoms with Crippen molar-refractivity contribution in [3.05, 3.63) is 71.6 Å². The summed E-state index contributed by atoms with van der Waals surface area (Å²) in [6, 6.07) is 10.4. The van der Waals surface area contributed by atoms with Crippen LogP contribution < -0.4 is 9.47 Å². The van der Waals surface area contributed by atoms with Crippen LogP contribution in [0.1, 0.15) is 36.0 Å². The molecule has 1 fully saturated rings. The van der Waals surface area contributed by atoms with Gasteiger partial charge in [-0.3, -0.25) is 4.79 Å². The molecule has 4 rings (SSSR count). The van der Waals surface area contributed by atoms with Crippen LogP contribution in [0.3, 0.4) is 0 Å². The van der Waals surface area contributed by atoms with Crippen molar-refractivity contribution in [2.45, 2.75) is 31.7 Å². The first-order chi connectivity index (χ1) is 15.5. The number of rotatable bonds is 8. The van der Waals surface area contributed by atoms with Crippen molar-refractivity contribution in [2.24, 2.45) is 0 Å². The highest BCUT2D eigenvalue weighted by atomic mass is 19.1. The number of hydrogen-bond donors (Lipinski definition) is 0. The van der Waals surface area contributed by atoms with Gasteiger partial charge in [-0.1, -0.05) is 0 Å². The zero-order valence-electron chi connectivity index (χ0n) is 18.2. The van der Waals surface area contributed by atoms with E-state index in [9.17, 15) is 13.6 Å². The third kappa shape index (κ3) is 5.46. The number of nitrogens with zero attached hydrogens (tertiary/aromatic N) is 2. The molecule has 7 heteroatoms. The lowest BCUT2D eigenvalue weighted by atomic mass is 10.0. The van der Waals surface area contributed by atoms with Crippen LogP contribution in [-0.2, 0) is 0 Å². The Bertz CT molecular complexity index is 970. The molecule has 2 aromatic carbocycles.